The first-order valence-corrected chi connectivity index (χ1v) is 6.08. The zero-order valence-electron chi connectivity index (χ0n) is 9.19. The number of rotatable bonds is 5. The highest BCUT2D eigenvalue weighted by Gasteiger charge is 2.18. The predicted molar refractivity (Wildman–Crippen MR) is 63.6 cm³/mol. The van der Waals surface area contributed by atoms with Gasteiger partial charge in [0, 0.05) is 4.88 Å². The Balaban J connectivity index is 2.36. The third-order valence-electron chi connectivity index (χ3n) is 2.58. The van der Waals surface area contributed by atoms with Crippen LogP contribution in [0.4, 0.5) is 0 Å². The number of nitrogens with two attached hydrogens (primary N) is 1. The quantitative estimate of drug-likeness (QED) is 0.803. The molecular weight excluding hydrogens is 208 g/mol. The van der Waals surface area contributed by atoms with E-state index in [-0.39, 0.29) is 11.8 Å². The van der Waals surface area contributed by atoms with Crippen molar-refractivity contribution in [3.8, 4) is 0 Å². The molecule has 2 atom stereocenters. The minimum Gasteiger partial charge on any atom is -0.350 e. The molecule has 0 saturated heterocycles. The van der Waals surface area contributed by atoms with Crippen LogP contribution < -0.4 is 11.1 Å². The van der Waals surface area contributed by atoms with E-state index in [0.717, 1.165) is 11.3 Å². The highest BCUT2D eigenvalue weighted by atomic mass is 32.1. The second kappa shape index (κ2) is 5.88. The molecule has 0 aromatic carbocycles. The lowest BCUT2D eigenvalue weighted by molar-refractivity contribution is -0.123. The summed E-state index contributed by atoms with van der Waals surface area (Å²) in [4.78, 5) is 12.8. The summed E-state index contributed by atoms with van der Waals surface area (Å²) >= 11 is 1.64. The lowest BCUT2D eigenvalue weighted by Gasteiger charge is -2.17. The van der Waals surface area contributed by atoms with Crippen LogP contribution in [0.15, 0.2) is 17.5 Å². The maximum Gasteiger partial charge on any atom is 0.237 e. The minimum absolute atomic E-state index is 0.0576. The molecule has 1 aromatic heterocycles. The Kier molecular flexibility index (Phi) is 4.78. The van der Waals surface area contributed by atoms with Crippen molar-refractivity contribution in [2.75, 3.05) is 0 Å². The molecule has 0 fully saturated rings. The molecule has 15 heavy (non-hydrogen) atoms. The molecule has 1 unspecified atom stereocenters. The first-order chi connectivity index (χ1) is 7.15. The van der Waals surface area contributed by atoms with Gasteiger partial charge in [0.25, 0.3) is 0 Å². The van der Waals surface area contributed by atoms with Crippen molar-refractivity contribution in [3.63, 3.8) is 0 Å². The van der Waals surface area contributed by atoms with Crippen LogP contribution in [0.3, 0.4) is 0 Å². The summed E-state index contributed by atoms with van der Waals surface area (Å²) in [6.07, 6.45) is 0.924. The Labute approximate surface area is 94.7 Å². The van der Waals surface area contributed by atoms with Gasteiger partial charge in [-0.15, -0.1) is 11.3 Å². The van der Waals surface area contributed by atoms with Gasteiger partial charge in [0.15, 0.2) is 0 Å². The van der Waals surface area contributed by atoms with Crippen LogP contribution in [0, 0.1) is 5.92 Å². The fourth-order valence-electron chi connectivity index (χ4n) is 1.22. The minimum atomic E-state index is -0.394. The van der Waals surface area contributed by atoms with Crippen molar-refractivity contribution in [1.29, 1.82) is 0 Å². The van der Waals surface area contributed by atoms with Crippen LogP contribution >= 0.6 is 11.3 Å². The third-order valence-corrected chi connectivity index (χ3v) is 3.45. The molecule has 0 aliphatic heterocycles. The van der Waals surface area contributed by atoms with Gasteiger partial charge in [0.1, 0.15) is 0 Å². The maximum atomic E-state index is 11.6. The number of hydrogen-bond donors (Lipinski definition) is 2. The molecule has 0 bridgehead atoms. The molecule has 1 heterocycles. The van der Waals surface area contributed by atoms with Crippen LogP contribution in [-0.2, 0) is 11.3 Å². The van der Waals surface area contributed by atoms with Gasteiger partial charge in [-0.1, -0.05) is 26.3 Å². The van der Waals surface area contributed by atoms with E-state index in [1.807, 2.05) is 31.4 Å². The van der Waals surface area contributed by atoms with Crippen LogP contribution in [-0.4, -0.2) is 11.9 Å². The van der Waals surface area contributed by atoms with Gasteiger partial charge in [-0.2, -0.15) is 0 Å². The molecule has 0 aliphatic rings. The van der Waals surface area contributed by atoms with Crippen LogP contribution in [0.5, 0.6) is 0 Å². The van der Waals surface area contributed by atoms with Gasteiger partial charge in [0.2, 0.25) is 5.91 Å². The zero-order valence-corrected chi connectivity index (χ0v) is 10.0. The SMILES string of the molecule is CCC(C)[C@H](N)C(=O)NCc1cccs1. The Bertz CT molecular complexity index is 298. The Morgan fingerprint density at radius 3 is 2.93 bits per heavy atom. The van der Waals surface area contributed by atoms with Gasteiger partial charge in [-0.25, -0.2) is 0 Å². The van der Waals surface area contributed by atoms with Crippen LogP contribution in [0.25, 0.3) is 0 Å². The second-order valence-corrected chi connectivity index (χ2v) is 4.74. The van der Waals surface area contributed by atoms with E-state index >= 15 is 0 Å². The Morgan fingerprint density at radius 1 is 1.67 bits per heavy atom. The first kappa shape index (κ1) is 12.2. The third kappa shape index (κ3) is 3.64. The highest BCUT2D eigenvalue weighted by Crippen LogP contribution is 2.09. The lowest BCUT2D eigenvalue weighted by atomic mass is 9.99. The van der Waals surface area contributed by atoms with Crippen molar-refractivity contribution in [1.82, 2.24) is 5.32 Å². The number of carbonyl (C=O) groups is 1. The fourth-order valence-corrected chi connectivity index (χ4v) is 1.86. The summed E-state index contributed by atoms with van der Waals surface area (Å²) in [6.45, 7) is 4.62. The molecule has 0 radical (unpaired) electrons. The zero-order chi connectivity index (χ0) is 11.3. The standard InChI is InChI=1S/C11H18N2OS/c1-3-8(2)10(12)11(14)13-7-9-5-4-6-15-9/h4-6,8,10H,3,7,12H2,1-2H3,(H,13,14)/t8?,10-/m0/s1. The van der Waals surface area contributed by atoms with Gasteiger partial charge in [-0.05, 0) is 17.4 Å². The Morgan fingerprint density at radius 2 is 2.40 bits per heavy atom. The summed E-state index contributed by atoms with van der Waals surface area (Å²) in [5.74, 6) is 0.172. The molecule has 1 amide bonds. The number of carbonyl (C=O) groups excluding carboxylic acids is 1. The molecule has 84 valence electrons. The normalized spacial score (nSPS) is 14.6. The van der Waals surface area contributed by atoms with Gasteiger partial charge in [0.05, 0.1) is 12.6 Å². The molecule has 0 spiro atoms. The average Bonchev–Trinajstić information content (AvgIpc) is 2.76. The number of amides is 1. The van der Waals surface area contributed by atoms with Crippen LogP contribution in [0.2, 0.25) is 0 Å². The summed E-state index contributed by atoms with van der Waals surface area (Å²) in [5, 5.41) is 4.84. The van der Waals surface area contributed by atoms with E-state index < -0.39 is 6.04 Å². The van der Waals surface area contributed by atoms with Crippen molar-refractivity contribution < 1.29 is 4.79 Å². The van der Waals surface area contributed by atoms with E-state index in [0.29, 0.717) is 6.54 Å². The molecule has 3 nitrogen and oxygen atoms in total. The highest BCUT2D eigenvalue weighted by molar-refractivity contribution is 7.09. The molecular formula is C11H18N2OS. The van der Waals surface area contributed by atoms with E-state index in [9.17, 15) is 4.79 Å². The van der Waals surface area contributed by atoms with E-state index in [2.05, 4.69) is 5.32 Å². The summed E-state index contributed by atoms with van der Waals surface area (Å²) in [7, 11) is 0. The van der Waals surface area contributed by atoms with Crippen molar-refractivity contribution in [3.05, 3.63) is 22.4 Å². The molecule has 3 N–H and O–H groups in total. The predicted octanol–water partition coefficient (Wildman–Crippen LogP) is 1.74. The van der Waals surface area contributed by atoms with E-state index in [1.54, 1.807) is 11.3 Å². The summed E-state index contributed by atoms with van der Waals surface area (Å²) < 4.78 is 0. The van der Waals surface area contributed by atoms with E-state index in [4.69, 9.17) is 5.73 Å². The van der Waals surface area contributed by atoms with Crippen molar-refractivity contribution >= 4 is 17.2 Å². The average molecular weight is 226 g/mol. The van der Waals surface area contributed by atoms with Crippen molar-refractivity contribution in [2.45, 2.75) is 32.9 Å². The lowest BCUT2D eigenvalue weighted by Crippen LogP contribution is -2.44. The molecule has 0 saturated carbocycles. The second-order valence-electron chi connectivity index (χ2n) is 3.71. The topological polar surface area (TPSA) is 55.1 Å². The maximum absolute atomic E-state index is 11.6. The number of thiophene rings is 1. The number of nitrogens with one attached hydrogen (secondary N) is 1. The van der Waals surface area contributed by atoms with Gasteiger partial charge < -0.3 is 11.1 Å². The first-order valence-electron chi connectivity index (χ1n) is 5.20. The fraction of sp³-hybridized carbons (Fsp3) is 0.545. The monoisotopic (exact) mass is 226 g/mol. The molecule has 0 aliphatic carbocycles. The molecule has 1 aromatic rings. The summed E-state index contributed by atoms with van der Waals surface area (Å²) in [5.41, 5.74) is 5.80. The van der Waals surface area contributed by atoms with Gasteiger partial charge in [-0.3, -0.25) is 4.79 Å². The number of hydrogen-bond acceptors (Lipinski definition) is 3. The largest absolute Gasteiger partial charge is 0.350 e. The molecule has 1 rings (SSSR count). The summed E-state index contributed by atoms with van der Waals surface area (Å²) in [6, 6.07) is 3.58. The smallest absolute Gasteiger partial charge is 0.237 e. The van der Waals surface area contributed by atoms with Gasteiger partial charge >= 0.3 is 0 Å². The Hall–Kier alpha value is -0.870. The van der Waals surface area contributed by atoms with Crippen LogP contribution in [0.1, 0.15) is 25.1 Å². The van der Waals surface area contributed by atoms with E-state index in [1.165, 1.54) is 0 Å². The van der Waals surface area contributed by atoms with Crippen molar-refractivity contribution in [2.24, 2.45) is 11.7 Å². The molecule has 4 heteroatoms.